The van der Waals surface area contributed by atoms with Crippen LogP contribution in [0.4, 0.5) is 5.82 Å². The van der Waals surface area contributed by atoms with Gasteiger partial charge in [-0.05, 0) is 12.2 Å². The van der Waals surface area contributed by atoms with Gasteiger partial charge in [0.05, 0.1) is 0 Å². The lowest BCUT2D eigenvalue weighted by atomic mass is 10.2. The molecule has 1 saturated heterocycles. The standard InChI is InChI=1S/C10H15N3OS/c1-2-8-12-9(5-10(14)13-8)11-7-3-4-15-6-7/h5,7H,2-4,6H2,1H3,(H2,11,12,13,14). The van der Waals surface area contributed by atoms with Crippen molar-refractivity contribution in [2.75, 3.05) is 16.8 Å². The third-order valence-corrected chi connectivity index (χ3v) is 3.57. The first-order valence-electron chi connectivity index (χ1n) is 5.22. The van der Waals surface area contributed by atoms with Crippen LogP contribution in [0.5, 0.6) is 0 Å². The molecule has 1 atom stereocenters. The molecule has 1 aromatic rings. The van der Waals surface area contributed by atoms with Crippen LogP contribution < -0.4 is 10.9 Å². The maximum Gasteiger partial charge on any atom is 0.252 e. The maximum atomic E-state index is 11.3. The molecule has 1 aromatic heterocycles. The van der Waals surface area contributed by atoms with Gasteiger partial charge in [0.1, 0.15) is 11.6 Å². The Hall–Kier alpha value is -0.970. The Kier molecular flexibility index (Phi) is 3.30. The van der Waals surface area contributed by atoms with Crippen molar-refractivity contribution in [1.82, 2.24) is 9.97 Å². The summed E-state index contributed by atoms with van der Waals surface area (Å²) in [6.45, 7) is 1.98. The van der Waals surface area contributed by atoms with Gasteiger partial charge >= 0.3 is 0 Å². The highest BCUT2D eigenvalue weighted by Gasteiger charge is 2.15. The Morgan fingerprint density at radius 3 is 3.27 bits per heavy atom. The molecule has 0 saturated carbocycles. The molecule has 2 N–H and O–H groups in total. The van der Waals surface area contributed by atoms with Gasteiger partial charge in [0.25, 0.3) is 5.56 Å². The van der Waals surface area contributed by atoms with Gasteiger partial charge in [-0.3, -0.25) is 4.79 Å². The van der Waals surface area contributed by atoms with E-state index in [-0.39, 0.29) is 5.56 Å². The minimum Gasteiger partial charge on any atom is -0.366 e. The quantitative estimate of drug-likeness (QED) is 0.813. The molecular weight excluding hydrogens is 210 g/mol. The fourth-order valence-corrected chi connectivity index (χ4v) is 2.76. The number of hydrogen-bond donors (Lipinski definition) is 2. The van der Waals surface area contributed by atoms with E-state index in [1.165, 1.54) is 11.8 Å². The van der Waals surface area contributed by atoms with Gasteiger partial charge in [-0.15, -0.1) is 0 Å². The normalized spacial score (nSPS) is 20.5. The third-order valence-electron chi connectivity index (χ3n) is 2.41. The van der Waals surface area contributed by atoms with E-state index in [0.29, 0.717) is 11.9 Å². The van der Waals surface area contributed by atoms with Crippen molar-refractivity contribution in [3.05, 3.63) is 22.2 Å². The van der Waals surface area contributed by atoms with E-state index in [2.05, 4.69) is 15.3 Å². The number of aromatic nitrogens is 2. The lowest BCUT2D eigenvalue weighted by Crippen LogP contribution is -2.21. The van der Waals surface area contributed by atoms with Gasteiger partial charge in [0.15, 0.2) is 0 Å². The molecule has 0 aliphatic carbocycles. The summed E-state index contributed by atoms with van der Waals surface area (Å²) in [5, 5.41) is 3.30. The number of H-pyrrole nitrogens is 1. The molecule has 82 valence electrons. The second kappa shape index (κ2) is 4.70. The molecule has 4 nitrogen and oxygen atoms in total. The predicted octanol–water partition coefficient (Wildman–Crippen LogP) is 1.25. The van der Waals surface area contributed by atoms with Crippen molar-refractivity contribution in [3.8, 4) is 0 Å². The van der Waals surface area contributed by atoms with E-state index in [4.69, 9.17) is 0 Å². The van der Waals surface area contributed by atoms with E-state index < -0.39 is 0 Å². The summed E-state index contributed by atoms with van der Waals surface area (Å²) in [7, 11) is 0. The zero-order valence-corrected chi connectivity index (χ0v) is 9.56. The minimum atomic E-state index is -0.0741. The van der Waals surface area contributed by atoms with Crippen molar-refractivity contribution in [1.29, 1.82) is 0 Å². The Bertz CT molecular complexity index is 384. The Morgan fingerprint density at radius 2 is 2.60 bits per heavy atom. The van der Waals surface area contributed by atoms with Crippen molar-refractivity contribution < 1.29 is 0 Å². The van der Waals surface area contributed by atoms with Crippen LogP contribution in [0.2, 0.25) is 0 Å². The zero-order valence-electron chi connectivity index (χ0n) is 8.75. The van der Waals surface area contributed by atoms with E-state index in [1.54, 1.807) is 0 Å². The van der Waals surface area contributed by atoms with Gasteiger partial charge < -0.3 is 10.3 Å². The van der Waals surface area contributed by atoms with Crippen molar-refractivity contribution in [2.45, 2.75) is 25.8 Å². The van der Waals surface area contributed by atoms with Gasteiger partial charge in [0.2, 0.25) is 0 Å². The molecule has 0 aromatic carbocycles. The molecule has 5 heteroatoms. The van der Waals surface area contributed by atoms with Gasteiger partial charge in [-0.2, -0.15) is 11.8 Å². The Balaban J connectivity index is 2.12. The zero-order chi connectivity index (χ0) is 10.7. The smallest absolute Gasteiger partial charge is 0.252 e. The van der Waals surface area contributed by atoms with Crippen LogP contribution in [0.1, 0.15) is 19.2 Å². The lowest BCUT2D eigenvalue weighted by Gasteiger charge is -2.11. The second-order valence-corrected chi connectivity index (χ2v) is 4.79. The fraction of sp³-hybridized carbons (Fsp3) is 0.600. The number of hydrogen-bond acceptors (Lipinski definition) is 4. The number of anilines is 1. The van der Waals surface area contributed by atoms with E-state index in [1.807, 2.05) is 18.7 Å². The Morgan fingerprint density at radius 1 is 1.73 bits per heavy atom. The summed E-state index contributed by atoms with van der Waals surface area (Å²) in [6.07, 6.45) is 1.91. The van der Waals surface area contributed by atoms with E-state index in [9.17, 15) is 4.79 Å². The van der Waals surface area contributed by atoms with Crippen LogP contribution in [0.15, 0.2) is 10.9 Å². The molecule has 1 aliphatic rings. The third kappa shape index (κ3) is 2.75. The fourth-order valence-electron chi connectivity index (χ4n) is 1.61. The summed E-state index contributed by atoms with van der Waals surface area (Å²) < 4.78 is 0. The molecule has 0 radical (unpaired) electrons. The molecule has 2 rings (SSSR count). The highest BCUT2D eigenvalue weighted by molar-refractivity contribution is 7.99. The van der Waals surface area contributed by atoms with Crippen molar-refractivity contribution in [2.24, 2.45) is 0 Å². The van der Waals surface area contributed by atoms with Crippen LogP contribution >= 0.6 is 11.8 Å². The van der Waals surface area contributed by atoms with Crippen molar-refractivity contribution in [3.63, 3.8) is 0 Å². The molecule has 15 heavy (non-hydrogen) atoms. The van der Waals surface area contributed by atoms with Crippen LogP contribution in [0.25, 0.3) is 0 Å². The molecule has 1 fully saturated rings. The predicted molar refractivity (Wildman–Crippen MR) is 63.6 cm³/mol. The maximum absolute atomic E-state index is 11.3. The number of aryl methyl sites for hydroxylation is 1. The number of aromatic amines is 1. The number of rotatable bonds is 3. The van der Waals surface area contributed by atoms with Crippen LogP contribution in [-0.2, 0) is 6.42 Å². The average molecular weight is 225 g/mol. The number of thioether (sulfide) groups is 1. The van der Waals surface area contributed by atoms with Crippen LogP contribution in [0.3, 0.4) is 0 Å². The number of nitrogens with one attached hydrogen (secondary N) is 2. The molecule has 0 amide bonds. The first-order chi connectivity index (χ1) is 7.28. The summed E-state index contributed by atoms with van der Waals surface area (Å²) >= 11 is 1.94. The summed E-state index contributed by atoms with van der Waals surface area (Å²) in [5.74, 6) is 3.76. The number of nitrogens with zero attached hydrogens (tertiary/aromatic N) is 1. The van der Waals surface area contributed by atoms with Gasteiger partial charge in [-0.25, -0.2) is 4.98 Å². The molecular formula is C10H15N3OS. The monoisotopic (exact) mass is 225 g/mol. The average Bonchev–Trinajstić information content (AvgIpc) is 2.69. The summed E-state index contributed by atoms with van der Waals surface area (Å²) in [4.78, 5) is 18.4. The molecule has 0 bridgehead atoms. The molecule has 0 spiro atoms. The molecule has 2 heterocycles. The highest BCUT2D eigenvalue weighted by Crippen LogP contribution is 2.19. The van der Waals surface area contributed by atoms with Crippen LogP contribution in [-0.4, -0.2) is 27.5 Å². The molecule has 1 unspecified atom stereocenters. The summed E-state index contributed by atoms with van der Waals surface area (Å²) in [6, 6.07) is 2.00. The molecule has 1 aliphatic heterocycles. The van der Waals surface area contributed by atoms with Gasteiger partial charge in [-0.1, -0.05) is 6.92 Å². The van der Waals surface area contributed by atoms with Gasteiger partial charge in [0, 0.05) is 24.3 Å². The van der Waals surface area contributed by atoms with E-state index >= 15 is 0 Å². The highest BCUT2D eigenvalue weighted by atomic mass is 32.2. The minimum absolute atomic E-state index is 0.0741. The lowest BCUT2D eigenvalue weighted by molar-refractivity contribution is 0.798. The first kappa shape index (κ1) is 10.5. The summed E-state index contributed by atoms with van der Waals surface area (Å²) in [5.41, 5.74) is -0.0741. The first-order valence-corrected chi connectivity index (χ1v) is 6.38. The van der Waals surface area contributed by atoms with Crippen LogP contribution in [0, 0.1) is 0 Å². The largest absolute Gasteiger partial charge is 0.366 e. The van der Waals surface area contributed by atoms with E-state index in [0.717, 1.165) is 24.4 Å². The Labute approximate surface area is 92.9 Å². The van der Waals surface area contributed by atoms with Crippen molar-refractivity contribution >= 4 is 17.6 Å². The second-order valence-electron chi connectivity index (χ2n) is 3.64. The SMILES string of the molecule is CCc1nc(NC2CCSC2)cc(=O)[nH]1. The topological polar surface area (TPSA) is 57.8 Å².